The molecule has 3 aromatic rings. The first kappa shape index (κ1) is 21.1. The number of carbonyl (C=O) groups is 1. The van der Waals surface area contributed by atoms with Gasteiger partial charge in [-0.2, -0.15) is 0 Å². The first-order valence-electron chi connectivity index (χ1n) is 8.46. The lowest BCUT2D eigenvalue weighted by atomic mass is 10.1. The van der Waals surface area contributed by atoms with E-state index < -0.39 is 0 Å². The van der Waals surface area contributed by atoms with Crippen LogP contribution in [0.25, 0.3) is 11.0 Å². The van der Waals surface area contributed by atoms with Crippen molar-refractivity contribution in [2.45, 2.75) is 27.2 Å². The SMILES string of the molecule is CCCOC(=O)c1cnc2nc(C)ccc2c1Nc1ccc(Br)cc1C.Cl. The second-order valence-corrected chi connectivity index (χ2v) is 7.01. The fraction of sp³-hybridized carbons (Fsp3) is 0.250. The smallest absolute Gasteiger partial charge is 0.341 e. The van der Waals surface area contributed by atoms with Crippen LogP contribution in [-0.4, -0.2) is 22.5 Å². The van der Waals surface area contributed by atoms with Gasteiger partial charge in [-0.25, -0.2) is 14.8 Å². The normalized spacial score (nSPS) is 10.4. The Kier molecular flexibility index (Phi) is 7.16. The molecule has 0 saturated heterocycles. The van der Waals surface area contributed by atoms with Crippen LogP contribution in [0.4, 0.5) is 11.4 Å². The van der Waals surface area contributed by atoms with Gasteiger partial charge in [0.15, 0.2) is 5.65 Å². The Balaban J connectivity index is 0.00000261. The van der Waals surface area contributed by atoms with Gasteiger partial charge in [-0.3, -0.25) is 0 Å². The average molecular weight is 451 g/mol. The minimum absolute atomic E-state index is 0. The topological polar surface area (TPSA) is 64.1 Å². The van der Waals surface area contributed by atoms with Crippen LogP contribution in [0.3, 0.4) is 0 Å². The second-order valence-electron chi connectivity index (χ2n) is 6.09. The first-order valence-corrected chi connectivity index (χ1v) is 9.25. The van der Waals surface area contributed by atoms with Crippen LogP contribution in [0.5, 0.6) is 0 Å². The van der Waals surface area contributed by atoms with Crippen LogP contribution in [0.2, 0.25) is 0 Å². The van der Waals surface area contributed by atoms with Crippen LogP contribution < -0.4 is 5.32 Å². The molecule has 1 N–H and O–H groups in total. The molecule has 0 aliphatic rings. The average Bonchev–Trinajstić information content (AvgIpc) is 2.61. The third-order valence-corrected chi connectivity index (χ3v) is 4.47. The molecule has 5 nitrogen and oxygen atoms in total. The summed E-state index contributed by atoms with van der Waals surface area (Å²) in [6.45, 7) is 6.26. The molecule has 1 aromatic carbocycles. The summed E-state index contributed by atoms with van der Waals surface area (Å²) < 4.78 is 6.33. The standard InChI is InChI=1S/C20H20BrN3O2.ClH/c1-4-9-26-20(25)16-11-22-19-15(7-5-13(3)23-19)18(16)24-17-8-6-14(21)10-12(17)2;/h5-8,10-11H,4,9H2,1-3H3,(H,22,23,24);1H. The summed E-state index contributed by atoms with van der Waals surface area (Å²) in [5.74, 6) is -0.390. The van der Waals surface area contributed by atoms with Crippen molar-refractivity contribution in [2.75, 3.05) is 11.9 Å². The Hall–Kier alpha value is -2.18. The van der Waals surface area contributed by atoms with Gasteiger partial charge in [0.25, 0.3) is 0 Å². The molecule has 0 fully saturated rings. The first-order chi connectivity index (χ1) is 12.5. The Morgan fingerprint density at radius 3 is 2.70 bits per heavy atom. The number of halogens is 2. The number of pyridine rings is 2. The third-order valence-electron chi connectivity index (χ3n) is 3.97. The molecule has 3 rings (SSSR count). The summed E-state index contributed by atoms with van der Waals surface area (Å²) in [4.78, 5) is 21.4. The lowest BCUT2D eigenvalue weighted by Crippen LogP contribution is -2.10. The number of fused-ring (bicyclic) bond motifs is 1. The number of hydrogen-bond acceptors (Lipinski definition) is 5. The van der Waals surface area contributed by atoms with Crippen LogP contribution in [0.15, 0.2) is 41.0 Å². The van der Waals surface area contributed by atoms with Gasteiger partial charge in [-0.1, -0.05) is 22.9 Å². The maximum atomic E-state index is 12.5. The molecule has 2 aromatic heterocycles. The zero-order valence-electron chi connectivity index (χ0n) is 15.4. The van der Waals surface area contributed by atoms with Crippen molar-refractivity contribution in [1.82, 2.24) is 9.97 Å². The number of aryl methyl sites for hydroxylation is 2. The minimum atomic E-state index is -0.390. The minimum Gasteiger partial charge on any atom is -0.462 e. The molecule has 0 radical (unpaired) electrons. The van der Waals surface area contributed by atoms with Crippen molar-refractivity contribution in [3.8, 4) is 0 Å². The molecule has 27 heavy (non-hydrogen) atoms. The van der Waals surface area contributed by atoms with Crippen molar-refractivity contribution in [3.63, 3.8) is 0 Å². The zero-order valence-corrected chi connectivity index (χ0v) is 17.8. The summed E-state index contributed by atoms with van der Waals surface area (Å²) in [6.07, 6.45) is 2.30. The fourth-order valence-corrected chi connectivity index (χ4v) is 3.11. The van der Waals surface area contributed by atoms with Crippen molar-refractivity contribution < 1.29 is 9.53 Å². The number of esters is 1. The monoisotopic (exact) mass is 449 g/mol. The molecule has 0 bridgehead atoms. The van der Waals surface area contributed by atoms with Crippen molar-refractivity contribution in [3.05, 3.63) is 57.8 Å². The molecule has 0 aliphatic carbocycles. The van der Waals surface area contributed by atoms with Gasteiger partial charge in [0, 0.05) is 27.4 Å². The van der Waals surface area contributed by atoms with Gasteiger partial charge in [-0.15, -0.1) is 12.4 Å². The Morgan fingerprint density at radius 2 is 2.00 bits per heavy atom. The number of nitrogens with zero attached hydrogens (tertiary/aromatic N) is 2. The fourth-order valence-electron chi connectivity index (χ4n) is 2.64. The van der Waals surface area contributed by atoms with Crippen LogP contribution in [0.1, 0.15) is 35.0 Å². The van der Waals surface area contributed by atoms with Gasteiger partial charge < -0.3 is 10.1 Å². The summed E-state index contributed by atoms with van der Waals surface area (Å²) in [5, 5.41) is 4.17. The number of ether oxygens (including phenoxy) is 1. The van der Waals surface area contributed by atoms with E-state index in [4.69, 9.17) is 4.74 Å². The van der Waals surface area contributed by atoms with E-state index in [9.17, 15) is 4.79 Å². The number of anilines is 2. The predicted molar refractivity (Wildman–Crippen MR) is 114 cm³/mol. The van der Waals surface area contributed by atoms with E-state index in [2.05, 4.69) is 31.2 Å². The summed E-state index contributed by atoms with van der Waals surface area (Å²) in [6, 6.07) is 9.77. The van der Waals surface area contributed by atoms with Crippen molar-refractivity contribution in [1.29, 1.82) is 0 Å². The molecule has 0 saturated carbocycles. The van der Waals surface area contributed by atoms with Crippen LogP contribution in [0, 0.1) is 13.8 Å². The molecule has 0 amide bonds. The molecule has 7 heteroatoms. The highest BCUT2D eigenvalue weighted by Gasteiger charge is 2.18. The molecule has 2 heterocycles. The second kappa shape index (κ2) is 9.15. The van der Waals surface area contributed by atoms with Crippen LogP contribution in [-0.2, 0) is 4.74 Å². The zero-order chi connectivity index (χ0) is 18.7. The van der Waals surface area contributed by atoms with E-state index in [0.717, 1.165) is 33.2 Å². The quantitative estimate of drug-likeness (QED) is 0.502. The number of aromatic nitrogens is 2. The van der Waals surface area contributed by atoms with Gasteiger partial charge in [0.1, 0.15) is 5.56 Å². The van der Waals surface area contributed by atoms with E-state index in [1.54, 1.807) is 0 Å². The highest BCUT2D eigenvalue weighted by Crippen LogP contribution is 2.31. The molecular weight excluding hydrogens is 430 g/mol. The van der Waals surface area contributed by atoms with Crippen LogP contribution >= 0.6 is 28.3 Å². The number of benzene rings is 1. The molecule has 0 aliphatic heterocycles. The Bertz CT molecular complexity index is 979. The molecule has 0 unspecified atom stereocenters. The lowest BCUT2D eigenvalue weighted by molar-refractivity contribution is 0.0506. The highest BCUT2D eigenvalue weighted by atomic mass is 79.9. The van der Waals surface area contributed by atoms with Crippen molar-refractivity contribution >= 4 is 56.7 Å². The molecule has 0 spiro atoms. The summed E-state index contributed by atoms with van der Waals surface area (Å²) in [7, 11) is 0. The van der Waals surface area contributed by atoms with E-state index in [1.807, 2.05) is 51.1 Å². The number of carbonyl (C=O) groups excluding carboxylic acids is 1. The van der Waals surface area contributed by atoms with Gasteiger partial charge >= 0.3 is 5.97 Å². The molecule has 0 atom stereocenters. The molecular formula is C20H21BrClN3O2. The van der Waals surface area contributed by atoms with Gasteiger partial charge in [0.2, 0.25) is 0 Å². The van der Waals surface area contributed by atoms with Gasteiger partial charge in [0.05, 0.1) is 12.3 Å². The number of nitrogens with one attached hydrogen (secondary N) is 1. The number of rotatable bonds is 5. The number of hydrogen-bond donors (Lipinski definition) is 1. The van der Waals surface area contributed by atoms with Crippen molar-refractivity contribution in [2.24, 2.45) is 0 Å². The van der Waals surface area contributed by atoms with E-state index in [0.29, 0.717) is 23.5 Å². The van der Waals surface area contributed by atoms with E-state index in [1.165, 1.54) is 6.20 Å². The Morgan fingerprint density at radius 1 is 1.22 bits per heavy atom. The maximum Gasteiger partial charge on any atom is 0.341 e. The third kappa shape index (κ3) is 4.76. The largest absolute Gasteiger partial charge is 0.462 e. The van der Waals surface area contributed by atoms with E-state index in [-0.39, 0.29) is 18.4 Å². The van der Waals surface area contributed by atoms with Gasteiger partial charge in [-0.05, 0) is 56.2 Å². The summed E-state index contributed by atoms with van der Waals surface area (Å²) >= 11 is 3.47. The highest BCUT2D eigenvalue weighted by molar-refractivity contribution is 9.10. The maximum absolute atomic E-state index is 12.5. The molecule has 142 valence electrons. The Labute approximate surface area is 173 Å². The summed E-state index contributed by atoms with van der Waals surface area (Å²) in [5.41, 5.74) is 4.49. The predicted octanol–water partition coefficient (Wildman–Crippen LogP) is 5.74. The van der Waals surface area contributed by atoms with E-state index >= 15 is 0 Å². The lowest BCUT2D eigenvalue weighted by Gasteiger charge is -2.16.